The third-order valence-electron chi connectivity index (χ3n) is 0.906. The van der Waals surface area contributed by atoms with E-state index in [1.54, 1.807) is 0 Å². The van der Waals surface area contributed by atoms with Gasteiger partial charge in [-0.1, -0.05) is 0 Å². The van der Waals surface area contributed by atoms with Gasteiger partial charge in [-0.2, -0.15) is 0 Å². The van der Waals surface area contributed by atoms with E-state index in [1.165, 1.54) is 0 Å². The zero-order chi connectivity index (χ0) is 4.41. The summed E-state index contributed by atoms with van der Waals surface area (Å²) in [7, 11) is 0. The first-order valence-corrected chi connectivity index (χ1v) is 2.19. The van der Waals surface area contributed by atoms with E-state index in [1.807, 2.05) is 0 Å². The van der Waals surface area contributed by atoms with Crippen LogP contribution in [0.5, 0.6) is 0 Å². The summed E-state index contributed by atoms with van der Waals surface area (Å²) in [6, 6.07) is 0. The lowest BCUT2D eigenvalue weighted by molar-refractivity contribution is -0.0589. The number of hydrogen-bond acceptors (Lipinski definition) is 2. The molecule has 36 valence electrons. The predicted molar refractivity (Wildman–Crippen MR) is 21.2 cm³/mol. The number of aliphatic hydroxyl groups is 1. The van der Waals surface area contributed by atoms with Gasteiger partial charge >= 0.3 is 0 Å². The fourth-order valence-electron chi connectivity index (χ4n) is 0.561. The van der Waals surface area contributed by atoms with Gasteiger partial charge in [-0.3, -0.25) is 0 Å². The van der Waals surface area contributed by atoms with Gasteiger partial charge in [-0.25, -0.2) is 0 Å². The van der Waals surface area contributed by atoms with Crippen LogP contribution >= 0.6 is 0 Å². The molecule has 6 heavy (non-hydrogen) atoms. The molecule has 0 aromatic heterocycles. The highest BCUT2D eigenvalue weighted by atomic mass is 18.2. The van der Waals surface area contributed by atoms with Crippen LogP contribution in [0, 0.1) is 0 Å². The summed E-state index contributed by atoms with van der Waals surface area (Å²) in [5.41, 5.74) is 0. The minimum absolute atomic E-state index is 0.454. The van der Waals surface area contributed by atoms with E-state index in [0.29, 0.717) is 0 Å². The lowest BCUT2D eigenvalue weighted by atomic mass is 10.4. The second-order valence-corrected chi connectivity index (χ2v) is 1.47. The third kappa shape index (κ3) is 0.698. The second kappa shape index (κ2) is 1.58. The maximum absolute atomic E-state index is 8.51. The van der Waals surface area contributed by atoms with Crippen molar-refractivity contribution in [3.05, 3.63) is 0 Å². The van der Waals surface area contributed by atoms with Crippen LogP contribution < -0.4 is 0 Å². The molecule has 1 heterocycles. The molecule has 1 N–H and O–H groups in total. The highest BCUT2D eigenvalue weighted by molar-refractivity contribution is 4.49. The van der Waals surface area contributed by atoms with Gasteiger partial charge < -0.3 is 9.84 Å². The molecule has 1 unspecified atom stereocenters. The van der Waals surface area contributed by atoms with Crippen LogP contribution in [0.1, 0.15) is 12.8 Å². The molecule has 1 rings (SSSR count). The number of rotatable bonds is 0. The van der Waals surface area contributed by atoms with Gasteiger partial charge in [0.05, 0.1) is 0 Å². The van der Waals surface area contributed by atoms with Crippen molar-refractivity contribution in [3.8, 4) is 0 Å². The molecule has 0 aromatic rings. The maximum Gasteiger partial charge on any atom is 0.154 e. The first kappa shape index (κ1) is 4.09. The zero-order valence-electron chi connectivity index (χ0n) is 3.55. The van der Waals surface area contributed by atoms with Crippen molar-refractivity contribution in [1.82, 2.24) is 0 Å². The van der Waals surface area contributed by atoms with E-state index >= 15 is 0 Å². The number of aliphatic hydroxyl groups excluding tert-OH is 1. The molecular formula is C4H8O2. The molecule has 1 saturated heterocycles. The molecule has 0 amide bonds. The van der Waals surface area contributed by atoms with Crippen LogP contribution in [0.25, 0.3) is 0 Å². The van der Waals surface area contributed by atoms with Crippen molar-refractivity contribution in [1.29, 1.82) is 0 Å². The minimum atomic E-state index is -0.454. The van der Waals surface area contributed by atoms with Crippen LogP contribution in [0.15, 0.2) is 0 Å². The topological polar surface area (TPSA) is 29.5 Å². The van der Waals surface area contributed by atoms with Crippen LogP contribution in [-0.2, 0) is 4.74 Å². The molecular weight excluding hydrogens is 82.0 g/mol. The molecule has 1 aliphatic heterocycles. The van der Waals surface area contributed by atoms with Crippen molar-refractivity contribution in [3.63, 3.8) is 0 Å². The average molecular weight is 90.1 g/mol. The molecule has 2 nitrogen and oxygen atoms in total. The summed E-state index contributed by atoms with van der Waals surface area (Å²) in [6.45, 7) is 0.737. The maximum atomic E-state index is 8.51. The van der Waals surface area contributed by atoms with Gasteiger partial charge in [0.1, 0.15) is 0 Å². The van der Waals surface area contributed by atoms with Gasteiger partial charge in [-0.15, -0.1) is 0 Å². The second-order valence-electron chi connectivity index (χ2n) is 1.47. The highest BCUT2D eigenvalue weighted by Crippen LogP contribution is 2.06. The monoisotopic (exact) mass is 90.1 g/mol. The molecule has 0 aromatic carbocycles. The Kier molecular flexibility index (Phi) is 1.08. The number of hydrogen-bond donors (Lipinski definition) is 1. The molecule has 1 atom stereocenters. The Bertz CT molecular complexity index is 38.8. The van der Waals surface area contributed by atoms with E-state index in [0.717, 1.165) is 19.4 Å². The smallest absolute Gasteiger partial charge is 0.154 e. The molecule has 0 radical (unpaired) electrons. The minimum Gasteiger partial charge on any atom is -0.368 e. The molecule has 2 heteroatoms. The van der Waals surface area contributed by atoms with Crippen molar-refractivity contribution in [2.75, 3.05) is 6.61 Å². The zero-order valence-corrected chi connectivity index (χ0v) is 3.55. The highest BCUT2D eigenvalue weighted by Gasteiger charge is 2.09. The Hall–Kier alpha value is -0.0800. The predicted octanol–water partition coefficient (Wildman–Crippen LogP) is 0.115. The molecule has 0 saturated carbocycles. The van der Waals surface area contributed by atoms with Crippen LogP contribution in [0.2, 0.25) is 0 Å². The Morgan fingerprint density at radius 3 is 2.67 bits per heavy atom. The first-order chi connectivity index (χ1) is 2.89. The van der Waals surface area contributed by atoms with E-state index in [2.05, 4.69) is 0 Å². The number of ether oxygens (including phenoxy) is 1. The van der Waals surface area contributed by atoms with E-state index in [-0.39, 0.29) is 0 Å². The molecule has 0 spiro atoms. The Morgan fingerprint density at radius 2 is 2.50 bits per heavy atom. The van der Waals surface area contributed by atoms with Crippen molar-refractivity contribution < 1.29 is 9.84 Å². The SMILES string of the molecule is [18OH]C1CCCO1. The summed E-state index contributed by atoms with van der Waals surface area (Å²) >= 11 is 0. The van der Waals surface area contributed by atoms with Crippen LogP contribution in [0.4, 0.5) is 0 Å². The lowest BCUT2D eigenvalue weighted by Gasteiger charge is -1.93. The molecule has 0 bridgehead atoms. The summed E-state index contributed by atoms with van der Waals surface area (Å²) in [5.74, 6) is 0. The van der Waals surface area contributed by atoms with Crippen LogP contribution in [0.3, 0.4) is 0 Å². The summed E-state index contributed by atoms with van der Waals surface area (Å²) in [6.07, 6.45) is 1.38. The van der Waals surface area contributed by atoms with Gasteiger partial charge in [0.15, 0.2) is 6.29 Å². The van der Waals surface area contributed by atoms with Gasteiger partial charge in [-0.05, 0) is 6.42 Å². The normalized spacial score (nSPS) is 34.5. The van der Waals surface area contributed by atoms with Crippen LogP contribution in [-0.4, -0.2) is 18.0 Å². The van der Waals surface area contributed by atoms with Gasteiger partial charge in [0.2, 0.25) is 0 Å². The summed E-state index contributed by atoms with van der Waals surface area (Å²) in [5, 5.41) is 8.51. The quantitative estimate of drug-likeness (QED) is 0.428. The van der Waals surface area contributed by atoms with E-state index in [9.17, 15) is 0 Å². The lowest BCUT2D eigenvalue weighted by Crippen LogP contribution is -1.99. The first-order valence-electron chi connectivity index (χ1n) is 2.19. The molecule has 0 aliphatic carbocycles. The van der Waals surface area contributed by atoms with Crippen molar-refractivity contribution >= 4 is 0 Å². The van der Waals surface area contributed by atoms with E-state index < -0.39 is 6.29 Å². The Labute approximate surface area is 36.7 Å². The molecule has 1 fully saturated rings. The third-order valence-corrected chi connectivity index (χ3v) is 0.906. The van der Waals surface area contributed by atoms with Gasteiger partial charge in [0.25, 0.3) is 0 Å². The summed E-state index contributed by atoms with van der Waals surface area (Å²) < 4.78 is 4.71. The Morgan fingerprint density at radius 1 is 1.67 bits per heavy atom. The summed E-state index contributed by atoms with van der Waals surface area (Å²) in [4.78, 5) is 0. The average Bonchev–Trinajstić information content (AvgIpc) is 1.86. The van der Waals surface area contributed by atoms with Crippen molar-refractivity contribution in [2.24, 2.45) is 0 Å². The standard InChI is InChI=1S/C4H8O2/c5-4-2-1-3-6-4/h4-5H,1-3H2/i5+2. The fraction of sp³-hybridized carbons (Fsp3) is 1.00. The van der Waals surface area contributed by atoms with E-state index in [4.69, 9.17) is 9.84 Å². The van der Waals surface area contributed by atoms with Crippen molar-refractivity contribution in [2.45, 2.75) is 19.1 Å². The van der Waals surface area contributed by atoms with Gasteiger partial charge in [0, 0.05) is 13.0 Å². The molecule has 1 aliphatic rings. The Balaban J connectivity index is 2.18. The fourth-order valence-corrected chi connectivity index (χ4v) is 0.561. The largest absolute Gasteiger partial charge is 0.368 e.